The molecule has 0 aliphatic heterocycles. The van der Waals surface area contributed by atoms with E-state index in [1.54, 1.807) is 4.90 Å². The fourth-order valence-electron chi connectivity index (χ4n) is 3.13. The first kappa shape index (κ1) is 30.1. The van der Waals surface area contributed by atoms with Crippen LogP contribution in [0.25, 0.3) is 0 Å². The summed E-state index contributed by atoms with van der Waals surface area (Å²) in [5, 5.41) is 8.19. The molecule has 0 saturated carbocycles. The van der Waals surface area contributed by atoms with E-state index in [9.17, 15) is 22.8 Å². The van der Waals surface area contributed by atoms with Gasteiger partial charge in [-0.15, -0.1) is 0 Å². The Kier molecular flexibility index (Phi) is 13.4. The summed E-state index contributed by atoms with van der Waals surface area (Å²) < 4.78 is 31.4. The average molecular weight is 480 g/mol. The lowest BCUT2D eigenvalue weighted by molar-refractivity contribution is -0.122. The SMILES string of the molecule is CC(CC(=O)NCCCCCNC(=O)CN)CN(C(=O)NC(C)(C)CS(=O)(=O)O)C(C)C. The van der Waals surface area contributed by atoms with Gasteiger partial charge in [-0.25, -0.2) is 4.79 Å². The van der Waals surface area contributed by atoms with Crippen LogP contribution in [0.4, 0.5) is 4.79 Å². The molecule has 0 saturated heterocycles. The Balaban J connectivity index is 4.41. The smallest absolute Gasteiger partial charge is 0.318 e. The number of hydrogen-bond donors (Lipinski definition) is 5. The van der Waals surface area contributed by atoms with Gasteiger partial charge in [0, 0.05) is 32.1 Å². The molecule has 11 nitrogen and oxygen atoms in total. The van der Waals surface area contributed by atoms with Gasteiger partial charge in [0.25, 0.3) is 10.1 Å². The summed E-state index contributed by atoms with van der Waals surface area (Å²) in [5.41, 5.74) is 4.06. The van der Waals surface area contributed by atoms with E-state index in [1.807, 2.05) is 20.8 Å². The van der Waals surface area contributed by atoms with Crippen LogP contribution in [0, 0.1) is 5.92 Å². The average Bonchev–Trinajstić information content (AvgIpc) is 2.62. The van der Waals surface area contributed by atoms with E-state index in [0.29, 0.717) is 19.6 Å². The lowest BCUT2D eigenvalue weighted by Gasteiger charge is -2.34. The number of unbranched alkanes of at least 4 members (excludes halogenated alkanes) is 2. The van der Waals surface area contributed by atoms with Crippen molar-refractivity contribution in [2.24, 2.45) is 11.7 Å². The summed E-state index contributed by atoms with van der Waals surface area (Å²) >= 11 is 0. The minimum absolute atomic E-state index is 0.0214. The van der Waals surface area contributed by atoms with Crippen LogP contribution in [-0.2, 0) is 19.7 Å². The van der Waals surface area contributed by atoms with E-state index in [2.05, 4.69) is 16.0 Å². The quantitative estimate of drug-likeness (QED) is 0.168. The fraction of sp³-hybridized carbons (Fsp3) is 0.850. The number of nitrogens with zero attached hydrogens (tertiary/aromatic N) is 1. The number of carbonyl (C=O) groups excluding carboxylic acids is 3. The van der Waals surface area contributed by atoms with Gasteiger partial charge in [0.15, 0.2) is 0 Å². The van der Waals surface area contributed by atoms with Gasteiger partial charge in [0.2, 0.25) is 11.8 Å². The number of rotatable bonds is 15. The van der Waals surface area contributed by atoms with Crippen LogP contribution in [0.3, 0.4) is 0 Å². The van der Waals surface area contributed by atoms with Gasteiger partial charge in [0.1, 0.15) is 0 Å². The molecule has 0 rings (SSSR count). The van der Waals surface area contributed by atoms with Crippen molar-refractivity contribution in [1.29, 1.82) is 0 Å². The first-order chi connectivity index (χ1) is 14.7. The largest absolute Gasteiger partial charge is 0.356 e. The fourth-order valence-corrected chi connectivity index (χ4v) is 4.11. The normalized spacial score (nSPS) is 12.9. The summed E-state index contributed by atoms with van der Waals surface area (Å²) in [6.07, 6.45) is 2.71. The van der Waals surface area contributed by atoms with E-state index in [4.69, 9.17) is 10.3 Å². The molecule has 0 bridgehead atoms. The van der Waals surface area contributed by atoms with Crippen molar-refractivity contribution in [3.8, 4) is 0 Å². The molecule has 0 fully saturated rings. The van der Waals surface area contributed by atoms with Crippen LogP contribution in [0.5, 0.6) is 0 Å². The summed E-state index contributed by atoms with van der Waals surface area (Å²) in [6, 6.07) is -0.621. The lowest BCUT2D eigenvalue weighted by atomic mass is 10.1. The van der Waals surface area contributed by atoms with Crippen LogP contribution >= 0.6 is 0 Å². The minimum atomic E-state index is -4.24. The van der Waals surface area contributed by atoms with Crippen molar-refractivity contribution in [1.82, 2.24) is 20.9 Å². The molecule has 0 spiro atoms. The maximum atomic E-state index is 12.7. The molecule has 0 aliphatic rings. The van der Waals surface area contributed by atoms with Crippen LogP contribution < -0.4 is 21.7 Å². The zero-order chi connectivity index (χ0) is 24.9. The number of urea groups is 1. The second kappa shape index (κ2) is 14.3. The summed E-state index contributed by atoms with van der Waals surface area (Å²) in [7, 11) is -4.24. The van der Waals surface area contributed by atoms with Gasteiger partial charge in [-0.05, 0) is 52.9 Å². The molecule has 0 radical (unpaired) electrons. The molecule has 0 aromatic carbocycles. The lowest BCUT2D eigenvalue weighted by Crippen LogP contribution is -2.55. The molecule has 12 heteroatoms. The number of nitrogens with two attached hydrogens (primary N) is 1. The van der Waals surface area contributed by atoms with Crippen molar-refractivity contribution >= 4 is 28.0 Å². The van der Waals surface area contributed by atoms with Crippen molar-refractivity contribution < 1.29 is 27.4 Å². The van der Waals surface area contributed by atoms with E-state index in [-0.39, 0.29) is 36.7 Å². The molecule has 1 atom stereocenters. The predicted molar refractivity (Wildman–Crippen MR) is 124 cm³/mol. The monoisotopic (exact) mass is 479 g/mol. The molecule has 4 amide bonds. The zero-order valence-electron chi connectivity index (χ0n) is 19.9. The molecule has 188 valence electrons. The molecule has 0 aromatic heterocycles. The summed E-state index contributed by atoms with van der Waals surface area (Å²) in [6.45, 7) is 9.96. The molecule has 1 unspecified atom stereocenters. The summed E-state index contributed by atoms with van der Waals surface area (Å²) in [4.78, 5) is 37.4. The predicted octanol–water partition coefficient (Wildman–Crippen LogP) is 0.460. The molecule has 0 heterocycles. The Bertz CT molecular complexity index is 711. The van der Waals surface area contributed by atoms with E-state index < -0.39 is 27.4 Å². The maximum absolute atomic E-state index is 12.7. The maximum Gasteiger partial charge on any atom is 0.318 e. The third-order valence-corrected chi connectivity index (χ3v) is 5.68. The van der Waals surface area contributed by atoms with Crippen LogP contribution in [-0.4, -0.2) is 79.2 Å². The van der Waals surface area contributed by atoms with Crippen LogP contribution in [0.1, 0.15) is 60.3 Å². The van der Waals surface area contributed by atoms with E-state index >= 15 is 0 Å². The third-order valence-electron chi connectivity index (χ3n) is 4.60. The van der Waals surface area contributed by atoms with E-state index in [1.165, 1.54) is 13.8 Å². The van der Waals surface area contributed by atoms with Crippen molar-refractivity contribution in [3.05, 3.63) is 0 Å². The van der Waals surface area contributed by atoms with Gasteiger partial charge in [-0.1, -0.05) is 6.92 Å². The van der Waals surface area contributed by atoms with Gasteiger partial charge in [-0.3, -0.25) is 14.1 Å². The second-order valence-corrected chi connectivity index (χ2v) is 10.5. The first-order valence-corrected chi connectivity index (χ1v) is 12.5. The standard InChI is InChI=1S/C20H41N5O6S/c1-15(2)25(19(28)24-20(4,5)14-32(29,30)31)13-16(3)11-17(26)22-9-7-6-8-10-23-18(27)12-21/h15-16H,6-14,21H2,1-5H3,(H,22,26)(H,23,27)(H,24,28)(H,29,30,31). The summed E-state index contributed by atoms with van der Waals surface area (Å²) in [5.74, 6) is -1.00. The Morgan fingerprint density at radius 2 is 1.53 bits per heavy atom. The zero-order valence-corrected chi connectivity index (χ0v) is 20.8. The van der Waals surface area contributed by atoms with Gasteiger partial charge in [-0.2, -0.15) is 8.42 Å². The minimum Gasteiger partial charge on any atom is -0.356 e. The van der Waals surface area contributed by atoms with Gasteiger partial charge >= 0.3 is 6.03 Å². The first-order valence-electron chi connectivity index (χ1n) is 10.9. The number of carbonyl (C=O) groups is 3. The Morgan fingerprint density at radius 3 is 2.00 bits per heavy atom. The highest BCUT2D eigenvalue weighted by molar-refractivity contribution is 7.85. The Hall–Kier alpha value is -1.92. The van der Waals surface area contributed by atoms with Gasteiger partial charge < -0.3 is 26.6 Å². The molecular weight excluding hydrogens is 438 g/mol. The van der Waals surface area contributed by atoms with Gasteiger partial charge in [0.05, 0.1) is 17.8 Å². The van der Waals surface area contributed by atoms with E-state index in [0.717, 1.165) is 19.3 Å². The molecule has 32 heavy (non-hydrogen) atoms. The molecule has 0 aliphatic carbocycles. The van der Waals surface area contributed by atoms with Crippen LogP contribution in [0.2, 0.25) is 0 Å². The number of amides is 4. The van der Waals surface area contributed by atoms with Crippen molar-refractivity contribution in [2.75, 3.05) is 31.9 Å². The highest BCUT2D eigenvalue weighted by Crippen LogP contribution is 2.12. The second-order valence-electron chi connectivity index (χ2n) is 9.06. The highest BCUT2D eigenvalue weighted by atomic mass is 32.2. The van der Waals surface area contributed by atoms with Crippen molar-refractivity contribution in [3.63, 3.8) is 0 Å². The molecular formula is C20H41N5O6S. The molecule has 6 N–H and O–H groups in total. The topological polar surface area (TPSA) is 171 Å². The number of hydrogen-bond acceptors (Lipinski definition) is 6. The Labute approximate surface area is 192 Å². The number of nitrogens with one attached hydrogen (secondary N) is 3. The Morgan fingerprint density at radius 1 is 1.00 bits per heavy atom. The highest BCUT2D eigenvalue weighted by Gasteiger charge is 2.30. The molecule has 0 aromatic rings. The van der Waals surface area contributed by atoms with Crippen molar-refractivity contribution in [2.45, 2.75) is 71.9 Å². The third kappa shape index (κ3) is 15.0. The van der Waals surface area contributed by atoms with Crippen LogP contribution in [0.15, 0.2) is 0 Å².